The van der Waals surface area contributed by atoms with Crippen molar-refractivity contribution in [1.29, 1.82) is 0 Å². The van der Waals surface area contributed by atoms with Crippen molar-refractivity contribution in [3.63, 3.8) is 0 Å². The van der Waals surface area contributed by atoms with E-state index in [4.69, 9.17) is 21.4 Å². The Balaban J connectivity index is 1.73. The van der Waals surface area contributed by atoms with Crippen molar-refractivity contribution < 1.29 is 13.9 Å². The molecule has 0 aromatic carbocycles. The molecule has 3 aromatic heterocycles. The van der Waals surface area contributed by atoms with Crippen LogP contribution in [0.25, 0.3) is 0 Å². The second-order valence-electron chi connectivity index (χ2n) is 7.64. The molecular formula is C23H26N4O3S. The number of ether oxygens (including phenoxy) is 1. The second kappa shape index (κ2) is 8.93. The zero-order chi connectivity index (χ0) is 22.0. The number of thiocarbonyl (C=S) groups is 1. The van der Waals surface area contributed by atoms with Gasteiger partial charge in [-0.25, -0.2) is 0 Å². The molecule has 0 bridgehead atoms. The molecule has 1 N–H and O–H groups in total. The summed E-state index contributed by atoms with van der Waals surface area (Å²) in [5.41, 5.74) is 4.33. The maximum atomic E-state index is 11.8. The number of nitrogens with one attached hydrogen (secondary N) is 1. The summed E-state index contributed by atoms with van der Waals surface area (Å²) < 4.78 is 12.6. The van der Waals surface area contributed by atoms with Crippen LogP contribution in [-0.2, 0) is 16.1 Å². The fraction of sp³-hybridized carbons (Fsp3) is 0.348. The number of methoxy groups -OCH3 is 1. The lowest BCUT2D eigenvalue weighted by Crippen LogP contribution is -2.32. The summed E-state index contributed by atoms with van der Waals surface area (Å²) >= 11 is 5.67. The van der Waals surface area contributed by atoms with Gasteiger partial charge >= 0.3 is 5.97 Å². The Labute approximate surface area is 187 Å². The van der Waals surface area contributed by atoms with Crippen LogP contribution in [0.2, 0.25) is 0 Å². The monoisotopic (exact) mass is 438 g/mol. The molecule has 1 saturated heterocycles. The molecule has 7 nitrogen and oxygen atoms in total. The summed E-state index contributed by atoms with van der Waals surface area (Å²) in [6.07, 6.45) is 3.73. The zero-order valence-corrected chi connectivity index (χ0v) is 18.7. The van der Waals surface area contributed by atoms with Crippen molar-refractivity contribution in [1.82, 2.24) is 19.8 Å². The van der Waals surface area contributed by atoms with Crippen molar-refractivity contribution in [2.45, 2.75) is 38.9 Å². The van der Waals surface area contributed by atoms with Gasteiger partial charge in [-0.2, -0.15) is 0 Å². The zero-order valence-electron chi connectivity index (χ0n) is 17.9. The first-order chi connectivity index (χ1) is 15.0. The van der Waals surface area contributed by atoms with Gasteiger partial charge in [0.1, 0.15) is 5.76 Å². The fourth-order valence-corrected chi connectivity index (χ4v) is 4.56. The number of carbonyl (C=O) groups is 1. The maximum absolute atomic E-state index is 11.8. The number of nitrogens with zero attached hydrogens (tertiary/aromatic N) is 3. The Morgan fingerprint density at radius 1 is 1.29 bits per heavy atom. The minimum Gasteiger partial charge on any atom is -0.469 e. The number of aromatic nitrogens is 2. The van der Waals surface area contributed by atoms with Gasteiger partial charge in [-0.3, -0.25) is 9.78 Å². The van der Waals surface area contributed by atoms with E-state index in [2.05, 4.69) is 39.7 Å². The highest BCUT2D eigenvalue weighted by atomic mass is 32.1. The highest BCUT2D eigenvalue weighted by Crippen LogP contribution is 2.41. The third kappa shape index (κ3) is 4.20. The topological polar surface area (TPSA) is 72.5 Å². The Bertz CT molecular complexity index is 1060. The van der Waals surface area contributed by atoms with E-state index in [1.165, 1.54) is 7.11 Å². The van der Waals surface area contributed by atoms with Crippen molar-refractivity contribution in [3.05, 3.63) is 77.3 Å². The van der Waals surface area contributed by atoms with E-state index >= 15 is 0 Å². The summed E-state index contributed by atoms with van der Waals surface area (Å²) in [7, 11) is 1.40. The van der Waals surface area contributed by atoms with E-state index in [0.29, 0.717) is 18.2 Å². The first kappa shape index (κ1) is 21.1. The van der Waals surface area contributed by atoms with Gasteiger partial charge in [0.05, 0.1) is 44.1 Å². The third-order valence-corrected chi connectivity index (χ3v) is 6.16. The predicted octanol–water partition coefficient (Wildman–Crippen LogP) is 3.68. The van der Waals surface area contributed by atoms with Crippen molar-refractivity contribution in [3.8, 4) is 0 Å². The molecule has 0 saturated carbocycles. The molecule has 0 amide bonds. The standard InChI is InChI=1S/C23H26N4O3S/c1-15-13-18(16(2)27(15)14-17-7-6-12-30-17)22-21(19-8-4-5-10-24-19)25-23(31)26(22)11-9-20(28)29-3/h4-8,10,12-13,21-22H,9,11,14H2,1-3H3,(H,25,31)/t21-,22-/m0/s1. The third-order valence-electron chi connectivity index (χ3n) is 5.81. The second-order valence-corrected chi connectivity index (χ2v) is 8.02. The van der Waals surface area contributed by atoms with Gasteiger partial charge in [0, 0.05) is 24.1 Å². The number of hydrogen-bond acceptors (Lipinski definition) is 5. The number of carbonyl (C=O) groups excluding carboxylic acids is 1. The van der Waals surface area contributed by atoms with Gasteiger partial charge < -0.3 is 23.9 Å². The van der Waals surface area contributed by atoms with Crippen LogP contribution in [0, 0.1) is 13.8 Å². The summed E-state index contributed by atoms with van der Waals surface area (Å²) in [5, 5.41) is 4.04. The van der Waals surface area contributed by atoms with Gasteiger partial charge in [0.2, 0.25) is 0 Å². The molecule has 2 atom stereocenters. The average Bonchev–Trinajstić information content (AvgIpc) is 3.47. The molecule has 31 heavy (non-hydrogen) atoms. The van der Waals surface area contributed by atoms with Crippen LogP contribution in [0.4, 0.5) is 0 Å². The van der Waals surface area contributed by atoms with Crippen LogP contribution < -0.4 is 5.32 Å². The van der Waals surface area contributed by atoms with E-state index in [0.717, 1.165) is 28.4 Å². The van der Waals surface area contributed by atoms with Crippen LogP contribution >= 0.6 is 12.2 Å². The predicted molar refractivity (Wildman–Crippen MR) is 121 cm³/mol. The van der Waals surface area contributed by atoms with E-state index in [1.807, 2.05) is 30.3 Å². The number of hydrogen-bond donors (Lipinski definition) is 1. The Kier molecular flexibility index (Phi) is 6.08. The molecule has 1 fully saturated rings. The highest BCUT2D eigenvalue weighted by Gasteiger charge is 2.41. The molecule has 0 radical (unpaired) electrons. The first-order valence-electron chi connectivity index (χ1n) is 10.2. The van der Waals surface area contributed by atoms with Crippen molar-refractivity contribution in [2.24, 2.45) is 0 Å². The van der Waals surface area contributed by atoms with E-state index in [1.54, 1.807) is 12.5 Å². The smallest absolute Gasteiger partial charge is 0.307 e. The molecule has 3 aromatic rings. The quantitative estimate of drug-likeness (QED) is 0.446. The van der Waals surface area contributed by atoms with Crippen LogP contribution in [0.3, 0.4) is 0 Å². The minimum absolute atomic E-state index is 0.0939. The first-order valence-corrected chi connectivity index (χ1v) is 10.6. The SMILES string of the molecule is COC(=O)CCN1C(=S)N[C@@H](c2ccccn2)[C@@H]1c1cc(C)n(Cc2ccco2)c1C. The van der Waals surface area contributed by atoms with Gasteiger partial charge in [-0.05, 0) is 62.0 Å². The Hall–Kier alpha value is -3.13. The van der Waals surface area contributed by atoms with Crippen molar-refractivity contribution >= 4 is 23.3 Å². The summed E-state index contributed by atoms with van der Waals surface area (Å²) in [4.78, 5) is 18.5. The van der Waals surface area contributed by atoms with Crippen LogP contribution in [0.5, 0.6) is 0 Å². The molecule has 0 aliphatic carbocycles. The lowest BCUT2D eigenvalue weighted by molar-refractivity contribution is -0.140. The van der Waals surface area contributed by atoms with Gasteiger partial charge in [-0.15, -0.1) is 0 Å². The molecule has 1 aliphatic heterocycles. The summed E-state index contributed by atoms with van der Waals surface area (Å²) in [6.45, 7) is 5.33. The molecular weight excluding hydrogens is 412 g/mol. The number of pyridine rings is 1. The van der Waals surface area contributed by atoms with Gasteiger partial charge in [0.25, 0.3) is 0 Å². The Morgan fingerprint density at radius 2 is 2.13 bits per heavy atom. The number of aryl methyl sites for hydroxylation is 1. The van der Waals surface area contributed by atoms with Crippen LogP contribution in [0.1, 0.15) is 46.9 Å². The average molecular weight is 439 g/mol. The minimum atomic E-state index is -0.258. The lowest BCUT2D eigenvalue weighted by Gasteiger charge is -2.27. The lowest BCUT2D eigenvalue weighted by atomic mass is 9.96. The number of furan rings is 1. The van der Waals surface area contributed by atoms with Gasteiger partial charge in [0.15, 0.2) is 5.11 Å². The summed E-state index contributed by atoms with van der Waals surface area (Å²) in [6, 6.07) is 11.7. The highest BCUT2D eigenvalue weighted by molar-refractivity contribution is 7.80. The van der Waals surface area contributed by atoms with E-state index < -0.39 is 0 Å². The largest absolute Gasteiger partial charge is 0.469 e. The molecule has 162 valence electrons. The fourth-order valence-electron chi connectivity index (χ4n) is 4.23. The maximum Gasteiger partial charge on any atom is 0.307 e. The molecule has 8 heteroatoms. The molecule has 0 spiro atoms. The Morgan fingerprint density at radius 3 is 2.81 bits per heavy atom. The van der Waals surface area contributed by atoms with Crippen LogP contribution in [0.15, 0.2) is 53.3 Å². The number of esters is 1. The summed E-state index contributed by atoms with van der Waals surface area (Å²) in [5.74, 6) is 0.642. The van der Waals surface area contributed by atoms with Crippen molar-refractivity contribution in [2.75, 3.05) is 13.7 Å². The normalized spacial score (nSPS) is 18.3. The van der Waals surface area contributed by atoms with Gasteiger partial charge in [-0.1, -0.05) is 6.07 Å². The molecule has 4 rings (SSSR count). The van der Waals surface area contributed by atoms with E-state index in [-0.39, 0.29) is 24.5 Å². The molecule has 1 aliphatic rings. The van der Waals surface area contributed by atoms with E-state index in [9.17, 15) is 4.79 Å². The molecule has 0 unspecified atom stereocenters. The number of rotatable bonds is 7. The molecule has 4 heterocycles. The van der Waals surface area contributed by atoms with Crippen LogP contribution in [-0.4, -0.2) is 39.2 Å².